The number of carbonyl (C=O) groups excluding carboxylic acids is 1. The maximum absolute atomic E-state index is 12.5. The number of pyridine rings is 1. The molecule has 26 heavy (non-hydrogen) atoms. The van der Waals surface area contributed by atoms with Gasteiger partial charge in [0.15, 0.2) is 0 Å². The fourth-order valence-corrected chi connectivity index (χ4v) is 4.47. The van der Waals surface area contributed by atoms with Crippen molar-refractivity contribution in [3.05, 3.63) is 30.1 Å². The quantitative estimate of drug-likeness (QED) is 0.821. The summed E-state index contributed by atoms with van der Waals surface area (Å²) in [4.78, 5) is 21.1. The third-order valence-electron chi connectivity index (χ3n) is 6.16. The summed E-state index contributed by atoms with van der Waals surface area (Å²) in [5.74, 6) is 0.181. The molecule has 0 radical (unpaired) electrons. The summed E-state index contributed by atoms with van der Waals surface area (Å²) in [5.41, 5.74) is 1.18. The largest absolute Gasteiger partial charge is 0.373 e. The molecular weight excluding hydrogens is 330 g/mol. The number of aromatic nitrogens is 1. The minimum Gasteiger partial charge on any atom is -0.373 e. The van der Waals surface area contributed by atoms with E-state index in [1.807, 2.05) is 23.4 Å². The van der Waals surface area contributed by atoms with Crippen LogP contribution in [0, 0.1) is 0 Å². The van der Waals surface area contributed by atoms with Crippen molar-refractivity contribution >= 4 is 5.91 Å². The van der Waals surface area contributed by atoms with Gasteiger partial charge in [-0.05, 0) is 50.8 Å². The molecule has 0 unspecified atom stereocenters. The number of hydrogen-bond acceptors (Lipinski definition) is 5. The van der Waals surface area contributed by atoms with E-state index in [0.29, 0.717) is 6.04 Å². The molecule has 3 aliphatic heterocycles. The van der Waals surface area contributed by atoms with Gasteiger partial charge in [-0.2, -0.15) is 0 Å². The fraction of sp³-hybridized carbons (Fsp3) is 0.700. The van der Waals surface area contributed by atoms with Gasteiger partial charge in [-0.1, -0.05) is 6.07 Å². The van der Waals surface area contributed by atoms with Crippen LogP contribution in [0.5, 0.6) is 0 Å². The number of hydrogen-bond donors (Lipinski definition) is 0. The maximum Gasteiger partial charge on any atom is 0.251 e. The summed E-state index contributed by atoms with van der Waals surface area (Å²) >= 11 is 0. The van der Waals surface area contributed by atoms with Gasteiger partial charge in [0.2, 0.25) is 0 Å². The van der Waals surface area contributed by atoms with Gasteiger partial charge in [0.05, 0.1) is 12.2 Å². The molecule has 0 aromatic carbocycles. The van der Waals surface area contributed by atoms with Gasteiger partial charge in [-0.25, -0.2) is 0 Å². The first kappa shape index (κ1) is 17.9. The molecule has 1 amide bonds. The molecule has 3 saturated heterocycles. The molecule has 0 aliphatic carbocycles. The molecular formula is C20H29N3O3. The number of likely N-dealkylation sites (tertiary alicyclic amines) is 1. The van der Waals surface area contributed by atoms with Crippen molar-refractivity contribution in [2.75, 3.05) is 33.4 Å². The second-order valence-electron chi connectivity index (χ2n) is 7.96. The van der Waals surface area contributed by atoms with Crippen molar-refractivity contribution in [3.63, 3.8) is 0 Å². The van der Waals surface area contributed by atoms with Crippen LogP contribution in [0.4, 0.5) is 0 Å². The van der Waals surface area contributed by atoms with Gasteiger partial charge in [-0.3, -0.25) is 14.7 Å². The Hall–Kier alpha value is -1.50. The van der Waals surface area contributed by atoms with Crippen molar-refractivity contribution in [2.24, 2.45) is 0 Å². The lowest BCUT2D eigenvalue weighted by Gasteiger charge is -2.39. The first-order valence-electron chi connectivity index (χ1n) is 9.79. The van der Waals surface area contributed by atoms with Crippen molar-refractivity contribution in [2.45, 2.75) is 56.4 Å². The monoisotopic (exact) mass is 359 g/mol. The van der Waals surface area contributed by atoms with E-state index >= 15 is 0 Å². The summed E-state index contributed by atoms with van der Waals surface area (Å²) in [5, 5.41) is 0. The summed E-state index contributed by atoms with van der Waals surface area (Å²) in [7, 11) is 2.16. The predicted octanol–water partition coefficient (Wildman–Crippen LogP) is 1.84. The van der Waals surface area contributed by atoms with Gasteiger partial charge in [0.1, 0.15) is 6.10 Å². The molecule has 6 nitrogen and oxygen atoms in total. The second kappa shape index (κ2) is 7.62. The maximum atomic E-state index is 12.5. The third-order valence-corrected chi connectivity index (χ3v) is 6.16. The number of rotatable bonds is 4. The zero-order valence-electron chi connectivity index (χ0n) is 15.6. The molecule has 1 aromatic heterocycles. The highest BCUT2D eigenvalue weighted by atomic mass is 16.5. The Morgan fingerprint density at radius 3 is 2.96 bits per heavy atom. The summed E-state index contributed by atoms with van der Waals surface area (Å²) in [6.45, 7) is 3.97. The number of carbonyl (C=O) groups is 1. The van der Waals surface area contributed by atoms with Crippen molar-refractivity contribution in [3.8, 4) is 0 Å². The predicted molar refractivity (Wildman–Crippen MR) is 97.6 cm³/mol. The Morgan fingerprint density at radius 1 is 1.42 bits per heavy atom. The Labute approximate surface area is 155 Å². The molecule has 0 N–H and O–H groups in total. The Balaban J connectivity index is 1.29. The highest BCUT2D eigenvalue weighted by Gasteiger charge is 2.45. The van der Waals surface area contributed by atoms with E-state index in [0.717, 1.165) is 65.0 Å². The minimum absolute atomic E-state index is 0.0544. The molecule has 0 bridgehead atoms. The van der Waals surface area contributed by atoms with Crippen LogP contribution in [0.1, 0.15) is 37.7 Å². The van der Waals surface area contributed by atoms with E-state index < -0.39 is 0 Å². The van der Waals surface area contributed by atoms with E-state index in [-0.39, 0.29) is 17.6 Å². The zero-order valence-corrected chi connectivity index (χ0v) is 15.6. The first-order valence-corrected chi connectivity index (χ1v) is 9.79. The van der Waals surface area contributed by atoms with Gasteiger partial charge in [0, 0.05) is 44.7 Å². The van der Waals surface area contributed by atoms with Crippen LogP contribution in [0.25, 0.3) is 0 Å². The molecule has 3 aliphatic rings. The lowest BCUT2D eigenvalue weighted by molar-refractivity contribution is -0.145. The van der Waals surface area contributed by atoms with E-state index in [1.165, 1.54) is 5.56 Å². The van der Waals surface area contributed by atoms with Crippen molar-refractivity contribution < 1.29 is 14.3 Å². The van der Waals surface area contributed by atoms with Crippen LogP contribution in [0.2, 0.25) is 0 Å². The summed E-state index contributed by atoms with van der Waals surface area (Å²) < 4.78 is 11.8. The first-order chi connectivity index (χ1) is 12.7. The standard InChI is InChI=1S/C20H29N3O3/c1-22(14-16-4-2-8-21-13-16)17-12-20(26-15-17)6-9-23(10-7-20)19(24)18-5-3-11-25-18/h2,4,8,13,17-18H,3,5-7,9-12,14-15H2,1H3/t17-,18-/m1/s1. The van der Waals surface area contributed by atoms with Gasteiger partial charge in [-0.15, -0.1) is 0 Å². The Kier molecular flexibility index (Phi) is 5.25. The van der Waals surface area contributed by atoms with Crippen LogP contribution >= 0.6 is 0 Å². The average Bonchev–Trinajstić information content (AvgIpc) is 3.33. The molecule has 142 valence electrons. The van der Waals surface area contributed by atoms with Crippen molar-refractivity contribution in [1.29, 1.82) is 0 Å². The third kappa shape index (κ3) is 3.77. The number of nitrogens with zero attached hydrogens (tertiary/aromatic N) is 3. The highest BCUT2D eigenvalue weighted by molar-refractivity contribution is 5.81. The number of likely N-dealkylation sites (N-methyl/N-ethyl adjacent to an activating group) is 1. The SMILES string of the molecule is CN(Cc1cccnc1)[C@H]1COC2(CCN(C(=O)[C@H]3CCCO3)CC2)C1. The molecule has 1 spiro atoms. The van der Waals surface area contributed by atoms with E-state index in [2.05, 4.69) is 23.0 Å². The number of amides is 1. The number of ether oxygens (including phenoxy) is 2. The molecule has 4 rings (SSSR count). The van der Waals surface area contributed by atoms with Crippen LogP contribution in [0.3, 0.4) is 0 Å². The Morgan fingerprint density at radius 2 is 2.27 bits per heavy atom. The lowest BCUT2D eigenvalue weighted by Crippen LogP contribution is -2.49. The van der Waals surface area contributed by atoms with Crippen LogP contribution in [-0.4, -0.2) is 71.8 Å². The second-order valence-corrected chi connectivity index (χ2v) is 7.96. The normalized spacial score (nSPS) is 28.2. The van der Waals surface area contributed by atoms with E-state index in [9.17, 15) is 4.79 Å². The molecule has 2 atom stereocenters. The van der Waals surface area contributed by atoms with Gasteiger partial charge >= 0.3 is 0 Å². The summed E-state index contributed by atoms with van der Waals surface area (Å²) in [6.07, 6.45) is 8.32. The molecule has 6 heteroatoms. The topological polar surface area (TPSA) is 54.9 Å². The van der Waals surface area contributed by atoms with E-state index in [4.69, 9.17) is 9.47 Å². The van der Waals surface area contributed by atoms with Crippen LogP contribution < -0.4 is 0 Å². The molecule has 3 fully saturated rings. The zero-order chi connectivity index (χ0) is 18.0. The van der Waals surface area contributed by atoms with Crippen molar-refractivity contribution in [1.82, 2.24) is 14.8 Å². The van der Waals surface area contributed by atoms with Gasteiger partial charge < -0.3 is 14.4 Å². The molecule has 1 aromatic rings. The molecule has 4 heterocycles. The smallest absolute Gasteiger partial charge is 0.251 e. The number of piperidine rings is 1. The average molecular weight is 359 g/mol. The summed E-state index contributed by atoms with van der Waals surface area (Å²) in [6, 6.07) is 4.52. The Bertz CT molecular complexity index is 610. The van der Waals surface area contributed by atoms with E-state index in [1.54, 1.807) is 0 Å². The highest BCUT2D eigenvalue weighted by Crippen LogP contribution is 2.38. The van der Waals surface area contributed by atoms with Crippen LogP contribution in [-0.2, 0) is 20.8 Å². The van der Waals surface area contributed by atoms with Gasteiger partial charge in [0.25, 0.3) is 5.91 Å². The lowest BCUT2D eigenvalue weighted by atomic mass is 9.87. The minimum atomic E-state index is -0.202. The fourth-order valence-electron chi connectivity index (χ4n) is 4.47. The molecule has 0 saturated carbocycles. The van der Waals surface area contributed by atoms with Crippen LogP contribution in [0.15, 0.2) is 24.5 Å².